The highest BCUT2D eigenvalue weighted by molar-refractivity contribution is 7.10. The van der Waals surface area contributed by atoms with Crippen molar-refractivity contribution < 1.29 is 4.79 Å². The smallest absolute Gasteiger partial charge is 0.242 e. The van der Waals surface area contributed by atoms with Crippen molar-refractivity contribution in [3.05, 3.63) is 22.4 Å². The van der Waals surface area contributed by atoms with Crippen molar-refractivity contribution in [2.24, 2.45) is 5.73 Å². The molecule has 1 atom stereocenters. The van der Waals surface area contributed by atoms with Gasteiger partial charge in [0.15, 0.2) is 0 Å². The second-order valence-corrected chi connectivity index (χ2v) is 4.96. The molecule has 82 valence electrons. The van der Waals surface area contributed by atoms with Gasteiger partial charge in [-0.25, -0.2) is 0 Å². The number of hydrogen-bond acceptors (Lipinski definition) is 3. The monoisotopic (exact) mass is 224 g/mol. The minimum Gasteiger partial charge on any atom is -0.352 e. The third kappa shape index (κ3) is 2.58. The quantitative estimate of drug-likeness (QED) is 0.822. The summed E-state index contributed by atoms with van der Waals surface area (Å²) in [5.74, 6) is -0.0376. The van der Waals surface area contributed by atoms with E-state index in [2.05, 4.69) is 5.32 Å². The lowest BCUT2D eigenvalue weighted by molar-refractivity contribution is -0.123. The van der Waals surface area contributed by atoms with Crippen molar-refractivity contribution in [1.82, 2.24) is 5.32 Å². The SMILES string of the molecule is NC(C(=O)NC1CCCC1)c1cccs1. The Morgan fingerprint density at radius 3 is 2.87 bits per heavy atom. The maximum Gasteiger partial charge on any atom is 0.242 e. The van der Waals surface area contributed by atoms with E-state index in [1.165, 1.54) is 24.2 Å². The molecule has 1 fully saturated rings. The molecule has 1 heterocycles. The fourth-order valence-corrected chi connectivity index (χ4v) is 2.68. The van der Waals surface area contributed by atoms with E-state index in [1.54, 1.807) is 0 Å². The van der Waals surface area contributed by atoms with Gasteiger partial charge in [-0.1, -0.05) is 18.9 Å². The van der Waals surface area contributed by atoms with Crippen LogP contribution in [-0.4, -0.2) is 11.9 Å². The fraction of sp³-hybridized carbons (Fsp3) is 0.545. The van der Waals surface area contributed by atoms with Gasteiger partial charge in [-0.2, -0.15) is 0 Å². The highest BCUT2D eigenvalue weighted by Crippen LogP contribution is 2.20. The van der Waals surface area contributed by atoms with Crippen molar-refractivity contribution in [1.29, 1.82) is 0 Å². The van der Waals surface area contributed by atoms with E-state index < -0.39 is 6.04 Å². The molecule has 1 aromatic heterocycles. The molecule has 3 nitrogen and oxygen atoms in total. The Kier molecular flexibility index (Phi) is 3.38. The molecule has 0 saturated heterocycles. The molecule has 0 radical (unpaired) electrons. The zero-order valence-corrected chi connectivity index (χ0v) is 9.43. The zero-order valence-electron chi connectivity index (χ0n) is 8.61. The number of thiophene rings is 1. The van der Waals surface area contributed by atoms with Crippen LogP contribution in [0.25, 0.3) is 0 Å². The molecule has 4 heteroatoms. The number of rotatable bonds is 3. The molecule has 0 aliphatic heterocycles. The largest absolute Gasteiger partial charge is 0.352 e. The third-order valence-corrected chi connectivity index (χ3v) is 3.79. The first-order valence-corrected chi connectivity index (χ1v) is 6.24. The number of nitrogens with one attached hydrogen (secondary N) is 1. The maximum atomic E-state index is 11.8. The summed E-state index contributed by atoms with van der Waals surface area (Å²) in [5, 5.41) is 4.95. The van der Waals surface area contributed by atoms with Gasteiger partial charge in [0.2, 0.25) is 5.91 Å². The lowest BCUT2D eigenvalue weighted by Crippen LogP contribution is -2.39. The van der Waals surface area contributed by atoms with Gasteiger partial charge in [0, 0.05) is 10.9 Å². The minimum absolute atomic E-state index is 0.0376. The van der Waals surface area contributed by atoms with Crippen molar-refractivity contribution >= 4 is 17.2 Å². The first kappa shape index (κ1) is 10.6. The average Bonchev–Trinajstić information content (AvgIpc) is 2.88. The van der Waals surface area contributed by atoms with Gasteiger partial charge in [-0.15, -0.1) is 11.3 Å². The Hall–Kier alpha value is -0.870. The van der Waals surface area contributed by atoms with E-state index in [4.69, 9.17) is 5.73 Å². The average molecular weight is 224 g/mol. The normalized spacial score (nSPS) is 19.0. The minimum atomic E-state index is -0.495. The van der Waals surface area contributed by atoms with Crippen LogP contribution in [0.2, 0.25) is 0 Å². The summed E-state index contributed by atoms with van der Waals surface area (Å²) in [6.07, 6.45) is 4.64. The van der Waals surface area contributed by atoms with E-state index >= 15 is 0 Å². The van der Waals surface area contributed by atoms with Crippen LogP contribution in [0.1, 0.15) is 36.6 Å². The van der Waals surface area contributed by atoms with E-state index in [0.717, 1.165) is 17.7 Å². The van der Waals surface area contributed by atoms with Crippen molar-refractivity contribution in [2.75, 3.05) is 0 Å². The predicted octanol–water partition coefficient (Wildman–Crippen LogP) is 1.81. The van der Waals surface area contributed by atoms with Crippen molar-refractivity contribution in [2.45, 2.75) is 37.8 Å². The number of carbonyl (C=O) groups excluding carboxylic acids is 1. The van der Waals surface area contributed by atoms with Gasteiger partial charge in [0.1, 0.15) is 6.04 Å². The van der Waals surface area contributed by atoms with Gasteiger partial charge in [-0.3, -0.25) is 4.79 Å². The molecule has 3 N–H and O–H groups in total. The first-order valence-electron chi connectivity index (χ1n) is 5.37. The topological polar surface area (TPSA) is 55.1 Å². The molecule has 15 heavy (non-hydrogen) atoms. The lowest BCUT2D eigenvalue weighted by Gasteiger charge is -2.15. The molecule has 1 saturated carbocycles. The summed E-state index contributed by atoms with van der Waals surface area (Å²) >= 11 is 1.53. The third-order valence-electron chi connectivity index (χ3n) is 2.83. The molecule has 2 rings (SSSR count). The maximum absolute atomic E-state index is 11.8. The van der Waals surface area contributed by atoms with Crippen LogP contribution in [0.3, 0.4) is 0 Å². The Morgan fingerprint density at radius 1 is 1.53 bits per heavy atom. The van der Waals surface area contributed by atoms with Crippen LogP contribution >= 0.6 is 11.3 Å². The molecule has 1 aliphatic carbocycles. The van der Waals surface area contributed by atoms with E-state index in [1.807, 2.05) is 17.5 Å². The Morgan fingerprint density at radius 2 is 2.27 bits per heavy atom. The van der Waals surface area contributed by atoms with Crippen LogP contribution < -0.4 is 11.1 Å². The van der Waals surface area contributed by atoms with Gasteiger partial charge in [0.05, 0.1) is 0 Å². The second kappa shape index (κ2) is 4.77. The predicted molar refractivity (Wildman–Crippen MR) is 61.6 cm³/mol. The molecular weight excluding hydrogens is 208 g/mol. The molecule has 1 unspecified atom stereocenters. The zero-order chi connectivity index (χ0) is 10.7. The van der Waals surface area contributed by atoms with Crippen LogP contribution in [0.5, 0.6) is 0 Å². The molecule has 1 amide bonds. The summed E-state index contributed by atoms with van der Waals surface area (Å²) in [5.41, 5.74) is 5.86. The van der Waals surface area contributed by atoms with Gasteiger partial charge in [-0.05, 0) is 24.3 Å². The summed E-state index contributed by atoms with van der Waals surface area (Å²) < 4.78 is 0. The Bertz CT molecular complexity index is 317. The number of hydrogen-bond donors (Lipinski definition) is 2. The second-order valence-electron chi connectivity index (χ2n) is 3.98. The highest BCUT2D eigenvalue weighted by Gasteiger charge is 2.22. The standard InChI is InChI=1S/C11H16N2OS/c12-10(9-6-3-7-15-9)11(14)13-8-4-1-2-5-8/h3,6-8,10H,1-2,4-5,12H2,(H,13,14). The number of nitrogens with two attached hydrogens (primary N) is 1. The molecule has 0 aromatic carbocycles. The molecular formula is C11H16N2OS. The first-order chi connectivity index (χ1) is 7.27. The van der Waals surface area contributed by atoms with Crippen LogP contribution in [0, 0.1) is 0 Å². The van der Waals surface area contributed by atoms with Crippen LogP contribution in [0.15, 0.2) is 17.5 Å². The number of amides is 1. The summed E-state index contributed by atoms with van der Waals surface area (Å²) in [6.45, 7) is 0. The molecule has 1 aliphatic rings. The lowest BCUT2D eigenvalue weighted by atomic mass is 10.2. The fourth-order valence-electron chi connectivity index (χ4n) is 1.96. The van der Waals surface area contributed by atoms with Gasteiger partial charge < -0.3 is 11.1 Å². The Labute approximate surface area is 93.7 Å². The van der Waals surface area contributed by atoms with E-state index in [-0.39, 0.29) is 5.91 Å². The van der Waals surface area contributed by atoms with Gasteiger partial charge in [0.25, 0.3) is 0 Å². The van der Waals surface area contributed by atoms with Crippen LogP contribution in [0.4, 0.5) is 0 Å². The summed E-state index contributed by atoms with van der Waals surface area (Å²) in [4.78, 5) is 12.7. The number of carbonyl (C=O) groups is 1. The van der Waals surface area contributed by atoms with Crippen LogP contribution in [-0.2, 0) is 4.79 Å². The van der Waals surface area contributed by atoms with E-state index in [0.29, 0.717) is 6.04 Å². The van der Waals surface area contributed by atoms with Crippen molar-refractivity contribution in [3.63, 3.8) is 0 Å². The van der Waals surface area contributed by atoms with Gasteiger partial charge >= 0.3 is 0 Å². The van der Waals surface area contributed by atoms with Crippen molar-refractivity contribution in [3.8, 4) is 0 Å². The summed E-state index contributed by atoms with van der Waals surface area (Å²) in [6, 6.07) is 3.68. The summed E-state index contributed by atoms with van der Waals surface area (Å²) in [7, 11) is 0. The highest BCUT2D eigenvalue weighted by atomic mass is 32.1. The molecule has 0 spiro atoms. The van der Waals surface area contributed by atoms with E-state index in [9.17, 15) is 4.79 Å². The Balaban J connectivity index is 1.90. The molecule has 1 aromatic rings. The molecule has 0 bridgehead atoms.